The first kappa shape index (κ1) is 17.2. The van der Waals surface area contributed by atoms with Gasteiger partial charge in [0.15, 0.2) is 0 Å². The first-order valence-electron chi connectivity index (χ1n) is 4.74. The van der Waals surface area contributed by atoms with E-state index in [9.17, 15) is 25.5 Å². The predicted molar refractivity (Wildman–Crippen MR) is 60.5 cm³/mol. The van der Waals surface area contributed by atoms with Gasteiger partial charge < -0.3 is 5.32 Å². The van der Waals surface area contributed by atoms with Crippen LogP contribution in [0.1, 0.15) is 20.8 Å². The topological polar surface area (TPSA) is 119 Å². The van der Waals surface area contributed by atoms with E-state index in [0.29, 0.717) is 4.13 Å². The quantitative estimate of drug-likeness (QED) is 0.490. The fraction of sp³-hybridized carbons (Fsp3) is 0.857. The van der Waals surface area contributed by atoms with Crippen molar-refractivity contribution in [1.29, 1.82) is 0 Å². The fourth-order valence-corrected chi connectivity index (χ4v) is 2.20. The maximum Gasteiger partial charge on any atom is 0.387 e. The van der Waals surface area contributed by atoms with E-state index in [-0.39, 0.29) is 12.5 Å². The summed E-state index contributed by atoms with van der Waals surface area (Å²) >= 11 is 0. The molecular formula is C7H15FN2O6S2. The molecule has 0 aromatic heterocycles. The number of carbonyl (C=O) groups is 1. The first-order chi connectivity index (χ1) is 7.83. The average Bonchev–Trinajstić information content (AvgIpc) is 2.06. The van der Waals surface area contributed by atoms with Gasteiger partial charge >= 0.3 is 20.7 Å². The zero-order valence-electron chi connectivity index (χ0n) is 10.1. The Labute approximate surface area is 105 Å². The van der Waals surface area contributed by atoms with Crippen LogP contribution in [0, 0.1) is 5.41 Å². The molecule has 0 saturated heterocycles. The van der Waals surface area contributed by atoms with Crippen LogP contribution in [0.3, 0.4) is 0 Å². The monoisotopic (exact) mass is 306 g/mol. The van der Waals surface area contributed by atoms with Crippen molar-refractivity contribution in [3.05, 3.63) is 0 Å². The first-order valence-corrected chi connectivity index (χ1v) is 7.53. The number of amides is 1. The molecule has 0 radical (unpaired) electrons. The largest absolute Gasteiger partial charge is 0.387 e. The normalized spacial score (nSPS) is 13.3. The lowest BCUT2D eigenvalue weighted by atomic mass is 9.96. The van der Waals surface area contributed by atoms with E-state index in [1.54, 1.807) is 20.8 Å². The summed E-state index contributed by atoms with van der Waals surface area (Å²) in [6.45, 7) is 4.27. The summed E-state index contributed by atoms with van der Waals surface area (Å²) in [5.41, 5.74) is -0.653. The van der Waals surface area contributed by atoms with E-state index >= 15 is 0 Å². The third-order valence-corrected chi connectivity index (χ3v) is 3.60. The van der Waals surface area contributed by atoms with Crippen molar-refractivity contribution in [2.24, 2.45) is 5.41 Å². The summed E-state index contributed by atoms with van der Waals surface area (Å²) in [5, 5.41) is 2.36. The molecule has 0 unspecified atom stereocenters. The van der Waals surface area contributed by atoms with Crippen LogP contribution in [-0.4, -0.2) is 35.9 Å². The minimum Gasteiger partial charge on any atom is -0.353 e. The van der Waals surface area contributed by atoms with E-state index in [1.807, 2.05) is 0 Å². The number of hydrogen-bond acceptors (Lipinski definition) is 6. The summed E-state index contributed by atoms with van der Waals surface area (Å²) in [5.74, 6) is -0.338. The third kappa shape index (κ3) is 8.33. The molecule has 0 heterocycles. The van der Waals surface area contributed by atoms with Crippen LogP contribution in [0.2, 0.25) is 0 Å². The van der Waals surface area contributed by atoms with Gasteiger partial charge in [-0.3, -0.25) is 8.98 Å². The summed E-state index contributed by atoms with van der Waals surface area (Å²) in [6, 6.07) is 0. The smallest absolute Gasteiger partial charge is 0.353 e. The van der Waals surface area contributed by atoms with Gasteiger partial charge in [0.2, 0.25) is 5.91 Å². The number of rotatable bonds is 6. The second-order valence-electron chi connectivity index (χ2n) is 4.30. The fourth-order valence-electron chi connectivity index (χ4n) is 0.727. The number of carbonyl (C=O) groups excluding carboxylic acids is 1. The average molecular weight is 306 g/mol. The Hall–Kier alpha value is -0.780. The van der Waals surface area contributed by atoms with Gasteiger partial charge in [-0.2, -0.15) is 16.8 Å². The molecule has 0 spiro atoms. The highest BCUT2D eigenvalue weighted by molar-refractivity contribution is 8.00. The van der Waals surface area contributed by atoms with Crippen molar-refractivity contribution in [3.8, 4) is 0 Å². The van der Waals surface area contributed by atoms with Gasteiger partial charge in [0.05, 0.1) is 6.61 Å². The van der Waals surface area contributed by atoms with Crippen LogP contribution in [0.5, 0.6) is 0 Å². The van der Waals surface area contributed by atoms with Crippen LogP contribution in [0.15, 0.2) is 0 Å². The molecule has 0 saturated carbocycles. The standard InChI is InChI=1S/C7H15FN2O6S2/c1-7(2,3)6(11)9-4-5-16-18(14,15)10-17(8,12)13/h10H,4-5H2,1-3H3,(H,9,11). The Kier molecular flexibility index (Phi) is 5.65. The molecular weight excluding hydrogens is 291 g/mol. The number of nitrogens with one attached hydrogen (secondary N) is 2. The van der Waals surface area contributed by atoms with Gasteiger partial charge in [-0.15, -0.1) is 0 Å². The van der Waals surface area contributed by atoms with Gasteiger partial charge in [-0.05, 0) is 0 Å². The van der Waals surface area contributed by atoms with E-state index < -0.39 is 32.7 Å². The third-order valence-electron chi connectivity index (χ3n) is 1.51. The highest BCUT2D eigenvalue weighted by Gasteiger charge is 2.22. The number of halogens is 1. The van der Waals surface area contributed by atoms with Crippen molar-refractivity contribution in [3.63, 3.8) is 0 Å². The van der Waals surface area contributed by atoms with E-state index in [2.05, 4.69) is 9.50 Å². The molecule has 0 bridgehead atoms. The SMILES string of the molecule is CC(C)(C)C(=O)NCCOS(=O)(=O)NS(=O)(=O)F. The zero-order valence-corrected chi connectivity index (χ0v) is 11.7. The maximum absolute atomic E-state index is 12.0. The van der Waals surface area contributed by atoms with Gasteiger partial charge in [-0.1, -0.05) is 28.8 Å². The van der Waals surface area contributed by atoms with Crippen molar-refractivity contribution in [2.75, 3.05) is 13.2 Å². The van der Waals surface area contributed by atoms with E-state index in [4.69, 9.17) is 0 Å². The molecule has 108 valence electrons. The van der Waals surface area contributed by atoms with Gasteiger partial charge in [0.1, 0.15) is 0 Å². The lowest BCUT2D eigenvalue weighted by molar-refractivity contribution is -0.128. The molecule has 11 heteroatoms. The lowest BCUT2D eigenvalue weighted by Crippen LogP contribution is -2.38. The predicted octanol–water partition coefficient (Wildman–Crippen LogP) is -0.786. The Bertz CT molecular complexity index is 493. The molecule has 18 heavy (non-hydrogen) atoms. The second-order valence-corrected chi connectivity index (χ2v) is 6.99. The molecule has 0 rings (SSSR count). The van der Waals surface area contributed by atoms with Gasteiger partial charge in [-0.25, -0.2) is 0 Å². The van der Waals surface area contributed by atoms with Crippen LogP contribution in [0.25, 0.3) is 0 Å². The summed E-state index contributed by atoms with van der Waals surface area (Å²) in [6.07, 6.45) is 0. The molecule has 0 aliphatic carbocycles. The van der Waals surface area contributed by atoms with Crippen molar-refractivity contribution in [1.82, 2.24) is 9.44 Å². The van der Waals surface area contributed by atoms with Crippen LogP contribution < -0.4 is 9.44 Å². The molecule has 0 aromatic rings. The minimum absolute atomic E-state index is 0.163. The number of hydrogen-bond donors (Lipinski definition) is 2. The maximum atomic E-state index is 12.0. The second kappa shape index (κ2) is 5.91. The van der Waals surface area contributed by atoms with Crippen molar-refractivity contribution in [2.45, 2.75) is 20.8 Å². The van der Waals surface area contributed by atoms with Crippen molar-refractivity contribution >= 4 is 26.6 Å². The Morgan fingerprint density at radius 2 is 1.72 bits per heavy atom. The zero-order chi connectivity index (χ0) is 14.6. The Morgan fingerprint density at radius 3 is 2.11 bits per heavy atom. The highest BCUT2D eigenvalue weighted by Crippen LogP contribution is 2.11. The summed E-state index contributed by atoms with van der Waals surface area (Å²) < 4.78 is 58.4. The molecule has 0 aromatic carbocycles. The molecule has 0 atom stereocenters. The van der Waals surface area contributed by atoms with Gasteiger partial charge in [0.25, 0.3) is 0 Å². The van der Waals surface area contributed by atoms with Crippen LogP contribution in [0.4, 0.5) is 3.89 Å². The molecule has 1 amide bonds. The van der Waals surface area contributed by atoms with Crippen molar-refractivity contribution < 1.29 is 29.7 Å². The molecule has 0 aliphatic rings. The molecule has 0 fully saturated rings. The van der Waals surface area contributed by atoms with Gasteiger partial charge in [0, 0.05) is 12.0 Å². The molecule has 2 N–H and O–H groups in total. The lowest BCUT2D eigenvalue weighted by Gasteiger charge is -2.17. The summed E-state index contributed by atoms with van der Waals surface area (Å²) in [4.78, 5) is 11.3. The van der Waals surface area contributed by atoms with E-state index in [0.717, 1.165) is 0 Å². The molecule has 0 aliphatic heterocycles. The van der Waals surface area contributed by atoms with E-state index in [1.165, 1.54) is 0 Å². The van der Waals surface area contributed by atoms with Crippen LogP contribution in [-0.2, 0) is 29.7 Å². The minimum atomic E-state index is -5.41. The Morgan fingerprint density at radius 1 is 1.22 bits per heavy atom. The summed E-state index contributed by atoms with van der Waals surface area (Å²) in [7, 11) is -10.1. The Balaban J connectivity index is 4.11. The highest BCUT2D eigenvalue weighted by atomic mass is 32.3. The molecule has 8 nitrogen and oxygen atoms in total. The van der Waals surface area contributed by atoms with Crippen LogP contribution >= 0.6 is 0 Å².